The first-order valence-electron chi connectivity index (χ1n) is 7.63. The summed E-state index contributed by atoms with van der Waals surface area (Å²) in [5, 5.41) is 9.47. The molecule has 126 valence electrons. The molecular weight excluding hydrogens is 344 g/mol. The predicted octanol–water partition coefficient (Wildman–Crippen LogP) is 5.44. The number of halogens is 1. The number of carboxylic acid groups (broad SMARTS) is 1. The lowest BCUT2D eigenvalue weighted by atomic mass is 9.98. The van der Waals surface area contributed by atoms with Gasteiger partial charge in [0.05, 0.1) is 5.92 Å². The SMILES string of the molecule is CC(=O)SC(CC(C)C(=O)O)c1ccc(-c2ccccc2)c(Cl)c1. The standard InChI is InChI=1S/C19H19ClO3S/c1-12(19(22)23)10-18(24-13(2)21)15-8-9-16(17(20)11-15)14-6-4-3-5-7-14/h3-9,11-12,18H,10H2,1-2H3,(H,22,23). The van der Waals surface area contributed by atoms with E-state index in [0.29, 0.717) is 11.4 Å². The number of aliphatic carboxylic acids is 1. The molecule has 0 aromatic heterocycles. The summed E-state index contributed by atoms with van der Waals surface area (Å²) in [6, 6.07) is 15.5. The van der Waals surface area contributed by atoms with Crippen LogP contribution in [0.4, 0.5) is 0 Å². The van der Waals surface area contributed by atoms with Crippen molar-refractivity contribution in [3.8, 4) is 11.1 Å². The van der Waals surface area contributed by atoms with Gasteiger partial charge in [0.2, 0.25) is 0 Å². The third-order valence-corrected chi connectivity index (χ3v) is 5.14. The average Bonchev–Trinajstić information content (AvgIpc) is 2.54. The van der Waals surface area contributed by atoms with Crippen LogP contribution in [0.5, 0.6) is 0 Å². The molecule has 0 aliphatic rings. The van der Waals surface area contributed by atoms with Gasteiger partial charge in [-0.05, 0) is 23.6 Å². The van der Waals surface area contributed by atoms with Gasteiger partial charge in [-0.1, -0.05) is 72.8 Å². The molecule has 2 rings (SSSR count). The van der Waals surface area contributed by atoms with Crippen LogP contribution in [0.3, 0.4) is 0 Å². The molecule has 0 aliphatic heterocycles. The summed E-state index contributed by atoms with van der Waals surface area (Å²) in [5.41, 5.74) is 2.80. The average molecular weight is 363 g/mol. The normalized spacial score (nSPS) is 13.3. The van der Waals surface area contributed by atoms with Crippen molar-refractivity contribution in [1.82, 2.24) is 0 Å². The van der Waals surface area contributed by atoms with Gasteiger partial charge in [-0.2, -0.15) is 0 Å². The Morgan fingerprint density at radius 2 is 1.83 bits per heavy atom. The summed E-state index contributed by atoms with van der Waals surface area (Å²) in [4.78, 5) is 22.7. The molecule has 0 aliphatic carbocycles. The Morgan fingerprint density at radius 3 is 2.38 bits per heavy atom. The number of rotatable bonds is 6. The molecule has 2 aromatic rings. The van der Waals surface area contributed by atoms with Crippen molar-refractivity contribution in [2.45, 2.75) is 25.5 Å². The zero-order valence-corrected chi connectivity index (χ0v) is 15.1. The van der Waals surface area contributed by atoms with Crippen LogP contribution in [0.25, 0.3) is 11.1 Å². The highest BCUT2D eigenvalue weighted by atomic mass is 35.5. The number of carboxylic acids is 1. The zero-order valence-electron chi connectivity index (χ0n) is 13.5. The van der Waals surface area contributed by atoms with E-state index in [-0.39, 0.29) is 10.4 Å². The Hall–Kier alpha value is -1.78. The minimum atomic E-state index is -0.865. The minimum absolute atomic E-state index is 0.0409. The molecule has 0 spiro atoms. The van der Waals surface area contributed by atoms with E-state index in [1.165, 1.54) is 6.92 Å². The molecule has 0 saturated carbocycles. The van der Waals surface area contributed by atoms with E-state index in [1.54, 1.807) is 6.92 Å². The second kappa shape index (κ2) is 8.36. The molecule has 24 heavy (non-hydrogen) atoms. The monoisotopic (exact) mass is 362 g/mol. The van der Waals surface area contributed by atoms with Crippen LogP contribution in [-0.2, 0) is 9.59 Å². The Kier molecular flexibility index (Phi) is 6.46. The number of hydrogen-bond donors (Lipinski definition) is 1. The lowest BCUT2D eigenvalue weighted by Crippen LogP contribution is -2.13. The van der Waals surface area contributed by atoms with Crippen molar-refractivity contribution in [3.05, 3.63) is 59.1 Å². The van der Waals surface area contributed by atoms with Crippen molar-refractivity contribution in [3.63, 3.8) is 0 Å². The lowest BCUT2D eigenvalue weighted by molar-refractivity contribution is -0.141. The largest absolute Gasteiger partial charge is 0.481 e. The molecule has 0 bridgehead atoms. The molecule has 3 nitrogen and oxygen atoms in total. The van der Waals surface area contributed by atoms with E-state index >= 15 is 0 Å². The van der Waals surface area contributed by atoms with E-state index in [4.69, 9.17) is 16.7 Å². The lowest BCUT2D eigenvalue weighted by Gasteiger charge is -2.19. The fraction of sp³-hybridized carbons (Fsp3) is 0.263. The molecule has 0 heterocycles. The Balaban J connectivity index is 2.31. The van der Waals surface area contributed by atoms with Crippen molar-refractivity contribution in [2.75, 3.05) is 0 Å². The van der Waals surface area contributed by atoms with Gasteiger partial charge >= 0.3 is 5.97 Å². The number of carbonyl (C=O) groups is 2. The molecule has 2 aromatic carbocycles. The van der Waals surface area contributed by atoms with E-state index in [2.05, 4.69) is 0 Å². The summed E-state index contributed by atoms with van der Waals surface area (Å²) < 4.78 is 0. The first-order chi connectivity index (χ1) is 11.4. The highest BCUT2D eigenvalue weighted by Gasteiger charge is 2.22. The fourth-order valence-electron chi connectivity index (χ4n) is 2.46. The highest BCUT2D eigenvalue weighted by Crippen LogP contribution is 2.38. The first kappa shape index (κ1) is 18.6. The van der Waals surface area contributed by atoms with Gasteiger partial charge < -0.3 is 5.11 Å². The Bertz CT molecular complexity index is 731. The summed E-state index contributed by atoms with van der Waals surface area (Å²) in [6.45, 7) is 3.14. The van der Waals surface area contributed by atoms with Gasteiger partial charge in [0, 0.05) is 22.8 Å². The van der Waals surface area contributed by atoms with Crippen molar-refractivity contribution >= 4 is 34.4 Å². The van der Waals surface area contributed by atoms with Gasteiger partial charge in [-0.25, -0.2) is 0 Å². The van der Waals surface area contributed by atoms with Crippen molar-refractivity contribution in [1.29, 1.82) is 0 Å². The van der Waals surface area contributed by atoms with Crippen LogP contribution in [0, 0.1) is 5.92 Å². The van der Waals surface area contributed by atoms with Crippen LogP contribution in [0.1, 0.15) is 31.1 Å². The number of carbonyl (C=O) groups excluding carboxylic acids is 1. The minimum Gasteiger partial charge on any atom is -0.481 e. The maximum Gasteiger partial charge on any atom is 0.306 e. The topological polar surface area (TPSA) is 54.4 Å². The van der Waals surface area contributed by atoms with E-state index in [1.807, 2.05) is 48.5 Å². The molecule has 0 amide bonds. The summed E-state index contributed by atoms with van der Waals surface area (Å²) in [7, 11) is 0. The highest BCUT2D eigenvalue weighted by molar-refractivity contribution is 8.13. The summed E-state index contributed by atoms with van der Waals surface area (Å²) in [6.07, 6.45) is 0.376. The second-order valence-electron chi connectivity index (χ2n) is 5.68. The van der Waals surface area contributed by atoms with E-state index < -0.39 is 11.9 Å². The molecule has 0 fully saturated rings. The molecular formula is C19H19ClO3S. The van der Waals surface area contributed by atoms with Crippen molar-refractivity contribution < 1.29 is 14.7 Å². The van der Waals surface area contributed by atoms with Gasteiger partial charge in [0.15, 0.2) is 5.12 Å². The quantitative estimate of drug-likeness (QED) is 0.743. The third-order valence-electron chi connectivity index (χ3n) is 3.75. The van der Waals surface area contributed by atoms with Crippen LogP contribution in [0.15, 0.2) is 48.5 Å². The third kappa shape index (κ3) is 4.86. The molecule has 0 saturated heterocycles. The molecule has 1 N–H and O–H groups in total. The van der Waals surface area contributed by atoms with Crippen LogP contribution in [0.2, 0.25) is 5.02 Å². The van der Waals surface area contributed by atoms with E-state index in [0.717, 1.165) is 28.5 Å². The number of thioether (sulfide) groups is 1. The van der Waals surface area contributed by atoms with Crippen LogP contribution in [-0.4, -0.2) is 16.2 Å². The molecule has 5 heteroatoms. The van der Waals surface area contributed by atoms with Gasteiger partial charge in [-0.15, -0.1) is 0 Å². The maximum absolute atomic E-state index is 11.5. The number of hydrogen-bond acceptors (Lipinski definition) is 3. The Labute approximate surface area is 151 Å². The Morgan fingerprint density at radius 1 is 1.17 bits per heavy atom. The molecule has 2 unspecified atom stereocenters. The van der Waals surface area contributed by atoms with Crippen LogP contribution >= 0.6 is 23.4 Å². The predicted molar refractivity (Wildman–Crippen MR) is 99.3 cm³/mol. The van der Waals surface area contributed by atoms with Gasteiger partial charge in [-0.3, -0.25) is 9.59 Å². The maximum atomic E-state index is 11.5. The molecule has 0 radical (unpaired) electrons. The van der Waals surface area contributed by atoms with Gasteiger partial charge in [0.1, 0.15) is 0 Å². The van der Waals surface area contributed by atoms with Crippen LogP contribution < -0.4 is 0 Å². The van der Waals surface area contributed by atoms with E-state index in [9.17, 15) is 9.59 Å². The van der Waals surface area contributed by atoms with Crippen molar-refractivity contribution in [2.24, 2.45) is 5.92 Å². The fourth-order valence-corrected chi connectivity index (χ4v) is 3.82. The van der Waals surface area contributed by atoms with Gasteiger partial charge in [0.25, 0.3) is 0 Å². The second-order valence-corrected chi connectivity index (χ2v) is 7.47. The molecule has 2 atom stereocenters. The summed E-state index contributed by atoms with van der Waals surface area (Å²) >= 11 is 7.58. The first-order valence-corrected chi connectivity index (χ1v) is 8.89. The summed E-state index contributed by atoms with van der Waals surface area (Å²) in [5.74, 6) is -1.40. The smallest absolute Gasteiger partial charge is 0.306 e. The zero-order chi connectivity index (χ0) is 17.7. The number of benzene rings is 2.